The molecule has 0 radical (unpaired) electrons. The number of aliphatic hydroxyl groups excluding tert-OH is 1. The van der Waals surface area contributed by atoms with Crippen molar-refractivity contribution in [3.05, 3.63) is 82.5 Å². The molecule has 0 saturated carbocycles. The monoisotopic (exact) mass is 741 g/mol. The van der Waals surface area contributed by atoms with Crippen LogP contribution < -0.4 is 9.80 Å². The molecule has 10 heteroatoms. The summed E-state index contributed by atoms with van der Waals surface area (Å²) in [5.41, 5.74) is 4.99. The highest BCUT2D eigenvalue weighted by atomic mass is 28.4. The molecule has 0 aromatic heterocycles. The van der Waals surface area contributed by atoms with Gasteiger partial charge in [0, 0.05) is 48.8 Å². The first-order chi connectivity index (χ1) is 25.3. The van der Waals surface area contributed by atoms with Crippen molar-refractivity contribution in [2.24, 2.45) is 5.92 Å². The minimum Gasteiger partial charge on any atom is -0.432 e. The second kappa shape index (κ2) is 16.0. The standard InChI is InChI=1S/C43H59N3O6Si/c1-29(2)14-13-15-30(3)21-23-45-37-20-19-34(44-22-12-8-7-9-18-39(44)48)25-36(37)43(42(45)50)31(4)41(53(5,6)51)38(52-43)26-40(49)46-27-33-17-11-10-16-32(33)24-35(46)28-47/h10-11,14,16-17,19-21,25,31,35,38,41,47,51H,7-9,12-13,15,18,22-24,26-28H2,1-6H3/b30-21+/t31-,35-,38+,41-,43+/m0/s1. The van der Waals surface area contributed by atoms with Crippen LogP contribution in [0.1, 0.15) is 95.8 Å². The van der Waals surface area contributed by atoms with Crippen LogP contribution in [0, 0.1) is 5.92 Å². The molecule has 2 saturated heterocycles. The SMILES string of the molecule is CC(C)=CCC/C(C)=C/CN1C(=O)[C@]2(O[C@H](CC(=O)N3Cc4ccccc4C[C@H]3CO)[C@@H]([Si](C)(C)O)[C@@H]2C)c2cc(N3CCCCCCC3=O)ccc21. The molecule has 2 aromatic rings. The second-order valence-electron chi connectivity index (χ2n) is 16.6. The van der Waals surface area contributed by atoms with Crippen molar-refractivity contribution >= 4 is 37.4 Å². The highest BCUT2D eigenvalue weighted by molar-refractivity contribution is 6.71. The molecule has 0 unspecified atom stereocenters. The lowest BCUT2D eigenvalue weighted by molar-refractivity contribution is -0.150. The Morgan fingerprint density at radius 3 is 2.47 bits per heavy atom. The molecule has 53 heavy (non-hydrogen) atoms. The first-order valence-electron chi connectivity index (χ1n) is 19.7. The van der Waals surface area contributed by atoms with E-state index in [1.54, 1.807) is 9.80 Å². The summed E-state index contributed by atoms with van der Waals surface area (Å²) in [6.07, 6.45) is 10.4. The third-order valence-electron chi connectivity index (χ3n) is 12.1. The molecular formula is C43H59N3O6Si. The number of fused-ring (bicyclic) bond motifs is 3. The van der Waals surface area contributed by atoms with Gasteiger partial charge in [-0.3, -0.25) is 14.4 Å². The largest absolute Gasteiger partial charge is 0.432 e. The van der Waals surface area contributed by atoms with Gasteiger partial charge in [0.2, 0.25) is 11.8 Å². The summed E-state index contributed by atoms with van der Waals surface area (Å²) in [5, 5.41) is 10.4. The van der Waals surface area contributed by atoms with Crippen LogP contribution in [0.4, 0.5) is 11.4 Å². The van der Waals surface area contributed by atoms with Gasteiger partial charge in [0.05, 0.1) is 30.9 Å². The van der Waals surface area contributed by atoms with Crippen LogP contribution in [0.5, 0.6) is 0 Å². The predicted octanol–water partition coefficient (Wildman–Crippen LogP) is 7.16. The molecule has 2 fully saturated rings. The molecule has 4 heterocycles. The van der Waals surface area contributed by atoms with Crippen LogP contribution in [-0.2, 0) is 37.7 Å². The summed E-state index contributed by atoms with van der Waals surface area (Å²) in [5.74, 6) is -0.710. The van der Waals surface area contributed by atoms with Gasteiger partial charge in [0.1, 0.15) is 0 Å². The second-order valence-corrected chi connectivity index (χ2v) is 20.6. The highest BCUT2D eigenvalue weighted by Gasteiger charge is 2.66. The molecule has 5 atom stereocenters. The number of ether oxygens (including phenoxy) is 1. The van der Waals surface area contributed by atoms with Gasteiger partial charge >= 0.3 is 0 Å². The van der Waals surface area contributed by atoms with Crippen molar-refractivity contribution in [1.82, 2.24) is 4.90 Å². The lowest BCUT2D eigenvalue weighted by Gasteiger charge is -2.37. The minimum absolute atomic E-state index is 0.0112. The maximum Gasteiger partial charge on any atom is 0.264 e. The number of rotatable bonds is 10. The highest BCUT2D eigenvalue weighted by Crippen LogP contribution is 2.60. The fraction of sp³-hybridized carbons (Fsp3) is 0.558. The Balaban J connectivity index is 1.38. The predicted molar refractivity (Wildman–Crippen MR) is 212 cm³/mol. The van der Waals surface area contributed by atoms with E-state index < -0.39 is 31.5 Å². The number of anilines is 2. The van der Waals surface area contributed by atoms with E-state index in [-0.39, 0.29) is 36.8 Å². The van der Waals surface area contributed by atoms with Crippen molar-refractivity contribution in [2.75, 3.05) is 29.5 Å². The topological polar surface area (TPSA) is 111 Å². The van der Waals surface area contributed by atoms with Crippen molar-refractivity contribution in [1.29, 1.82) is 0 Å². The minimum atomic E-state index is -3.04. The molecule has 9 nitrogen and oxygen atoms in total. The molecule has 0 bridgehead atoms. The zero-order chi connectivity index (χ0) is 38.1. The maximum atomic E-state index is 15.1. The average Bonchev–Trinajstić information content (AvgIpc) is 3.53. The Morgan fingerprint density at radius 1 is 1.02 bits per heavy atom. The summed E-state index contributed by atoms with van der Waals surface area (Å²) >= 11 is 0. The van der Waals surface area contributed by atoms with Crippen molar-refractivity contribution in [3.8, 4) is 0 Å². The number of carbonyl (C=O) groups is 3. The number of amides is 3. The van der Waals surface area contributed by atoms with Crippen LogP contribution in [0.2, 0.25) is 18.6 Å². The summed E-state index contributed by atoms with van der Waals surface area (Å²) in [7, 11) is -3.04. The molecule has 6 rings (SSSR count). The first-order valence-corrected chi connectivity index (χ1v) is 22.7. The molecule has 2 N–H and O–H groups in total. The Morgan fingerprint density at radius 2 is 1.75 bits per heavy atom. The van der Waals surface area contributed by atoms with E-state index in [0.29, 0.717) is 38.0 Å². The number of nitrogens with zero attached hydrogens (tertiary/aromatic N) is 3. The fourth-order valence-electron chi connectivity index (χ4n) is 9.32. The summed E-state index contributed by atoms with van der Waals surface area (Å²) in [6, 6.07) is 13.5. The third-order valence-corrected chi connectivity index (χ3v) is 14.6. The van der Waals surface area contributed by atoms with Crippen LogP contribution >= 0.6 is 0 Å². The summed E-state index contributed by atoms with van der Waals surface area (Å²) in [6.45, 7) is 13.2. The van der Waals surface area contributed by atoms with Crippen molar-refractivity contribution in [3.63, 3.8) is 0 Å². The van der Waals surface area contributed by atoms with E-state index in [9.17, 15) is 19.5 Å². The number of carbonyl (C=O) groups excluding carboxylic acids is 3. The van der Waals surface area contributed by atoms with Gasteiger partial charge in [0.25, 0.3) is 5.91 Å². The Bertz CT molecular complexity index is 1760. The maximum absolute atomic E-state index is 15.1. The van der Waals surface area contributed by atoms with E-state index in [2.05, 4.69) is 32.9 Å². The van der Waals surface area contributed by atoms with Crippen LogP contribution in [0.3, 0.4) is 0 Å². The number of benzene rings is 2. The molecule has 4 aliphatic heterocycles. The van der Waals surface area contributed by atoms with Gasteiger partial charge in [-0.2, -0.15) is 0 Å². The van der Waals surface area contributed by atoms with Crippen molar-refractivity contribution in [2.45, 2.75) is 128 Å². The van der Waals surface area contributed by atoms with Crippen LogP contribution in [0.25, 0.3) is 0 Å². The molecule has 2 aromatic carbocycles. The molecule has 0 aliphatic carbocycles. The normalized spacial score (nSPS) is 26.4. The van der Waals surface area contributed by atoms with Gasteiger partial charge in [-0.05, 0) is 95.3 Å². The lowest BCUT2D eigenvalue weighted by atomic mass is 9.82. The third kappa shape index (κ3) is 7.83. The van der Waals surface area contributed by atoms with E-state index >= 15 is 4.79 Å². The van der Waals surface area contributed by atoms with E-state index in [4.69, 9.17) is 4.74 Å². The fourth-order valence-corrected chi connectivity index (χ4v) is 11.9. The molecular weight excluding hydrogens is 683 g/mol. The first kappa shape index (κ1) is 39.1. The van der Waals surface area contributed by atoms with E-state index in [1.165, 1.54) is 11.1 Å². The summed E-state index contributed by atoms with van der Waals surface area (Å²) < 4.78 is 7.08. The molecule has 286 valence electrons. The van der Waals surface area contributed by atoms with E-state index in [1.807, 2.05) is 67.4 Å². The van der Waals surface area contributed by atoms with Gasteiger partial charge in [-0.25, -0.2) is 0 Å². The van der Waals surface area contributed by atoms with Gasteiger partial charge < -0.3 is 29.3 Å². The smallest absolute Gasteiger partial charge is 0.264 e. The Labute approximate surface area is 316 Å². The van der Waals surface area contributed by atoms with Gasteiger partial charge in [0.15, 0.2) is 13.9 Å². The van der Waals surface area contributed by atoms with Crippen LogP contribution in [0.15, 0.2) is 65.8 Å². The Hall–Kier alpha value is -3.57. The number of aliphatic hydroxyl groups is 1. The van der Waals surface area contributed by atoms with Crippen LogP contribution in [-0.4, -0.2) is 72.7 Å². The molecule has 4 aliphatic rings. The number of hydrogen-bond donors (Lipinski definition) is 2. The quantitative estimate of drug-likeness (QED) is 0.198. The number of allylic oxidation sites excluding steroid dienone is 3. The summed E-state index contributed by atoms with van der Waals surface area (Å²) in [4.78, 5) is 60.1. The Kier molecular flexibility index (Phi) is 11.8. The van der Waals surface area contributed by atoms with Crippen molar-refractivity contribution < 1.29 is 29.0 Å². The van der Waals surface area contributed by atoms with Gasteiger partial charge in [-0.1, -0.05) is 67.3 Å². The zero-order valence-electron chi connectivity index (χ0n) is 32.6. The zero-order valence-corrected chi connectivity index (χ0v) is 33.6. The average molecular weight is 742 g/mol. The van der Waals surface area contributed by atoms with Gasteiger partial charge in [-0.15, -0.1) is 0 Å². The molecule has 1 spiro atoms. The van der Waals surface area contributed by atoms with E-state index in [0.717, 1.165) is 61.0 Å². The lowest BCUT2D eigenvalue weighted by Crippen LogP contribution is -2.48. The number of hydrogen-bond acceptors (Lipinski definition) is 6. The molecule has 3 amide bonds.